The normalized spacial score (nSPS) is 12.0. The summed E-state index contributed by atoms with van der Waals surface area (Å²) in [6.07, 6.45) is -0.678. The van der Waals surface area contributed by atoms with Gasteiger partial charge in [0, 0.05) is 6.42 Å². The molecule has 0 amide bonds. The molecule has 112 valence electrons. The van der Waals surface area contributed by atoms with E-state index < -0.39 is 17.7 Å². The van der Waals surface area contributed by atoms with Gasteiger partial charge in [0.15, 0.2) is 23.1 Å². The predicted octanol–water partition coefficient (Wildman–Crippen LogP) is 3.26. The first-order valence-corrected chi connectivity index (χ1v) is 6.39. The van der Waals surface area contributed by atoms with Crippen molar-refractivity contribution in [1.82, 2.24) is 0 Å². The maximum absolute atomic E-state index is 13.6. The lowest BCUT2D eigenvalue weighted by atomic mass is 10.0. The van der Waals surface area contributed by atoms with Gasteiger partial charge in [-0.25, -0.2) is 8.78 Å². The first-order valence-electron chi connectivity index (χ1n) is 6.39. The van der Waals surface area contributed by atoms with Gasteiger partial charge in [0.25, 0.3) is 0 Å². The third kappa shape index (κ3) is 3.49. The Morgan fingerprint density at radius 2 is 1.67 bits per heavy atom. The van der Waals surface area contributed by atoms with Crippen LogP contribution in [0, 0.1) is 11.6 Å². The molecule has 5 heteroatoms. The van der Waals surface area contributed by atoms with Crippen LogP contribution >= 0.6 is 0 Å². The molecule has 0 radical (unpaired) electrons. The van der Waals surface area contributed by atoms with E-state index in [4.69, 9.17) is 9.47 Å². The molecule has 0 saturated heterocycles. The lowest BCUT2D eigenvalue weighted by Crippen LogP contribution is -2.03. The zero-order chi connectivity index (χ0) is 15.4. The molecule has 0 aliphatic carbocycles. The molecule has 0 spiro atoms. The fourth-order valence-corrected chi connectivity index (χ4v) is 2.06. The van der Waals surface area contributed by atoms with Crippen molar-refractivity contribution in [2.75, 3.05) is 14.2 Å². The topological polar surface area (TPSA) is 38.7 Å². The molecule has 2 rings (SSSR count). The molecule has 0 heterocycles. The molecule has 1 unspecified atom stereocenters. The number of aliphatic hydroxyl groups is 1. The van der Waals surface area contributed by atoms with Crippen LogP contribution in [0.15, 0.2) is 36.4 Å². The van der Waals surface area contributed by atoms with Gasteiger partial charge in [-0.3, -0.25) is 0 Å². The van der Waals surface area contributed by atoms with Crippen LogP contribution in [0.1, 0.15) is 17.2 Å². The minimum absolute atomic E-state index is 0.0625. The average molecular weight is 294 g/mol. The van der Waals surface area contributed by atoms with Crippen LogP contribution in [0.5, 0.6) is 11.5 Å². The van der Waals surface area contributed by atoms with Crippen LogP contribution < -0.4 is 9.47 Å². The Morgan fingerprint density at radius 3 is 2.29 bits per heavy atom. The summed E-state index contributed by atoms with van der Waals surface area (Å²) in [6.45, 7) is 0. The number of halogens is 2. The molecule has 3 nitrogen and oxygen atoms in total. The summed E-state index contributed by atoms with van der Waals surface area (Å²) in [4.78, 5) is 0. The first kappa shape index (κ1) is 15.3. The molecule has 2 aromatic carbocycles. The summed E-state index contributed by atoms with van der Waals surface area (Å²) >= 11 is 0. The van der Waals surface area contributed by atoms with Crippen molar-refractivity contribution in [2.45, 2.75) is 12.5 Å². The number of rotatable bonds is 5. The van der Waals surface area contributed by atoms with Gasteiger partial charge >= 0.3 is 0 Å². The molecule has 21 heavy (non-hydrogen) atoms. The van der Waals surface area contributed by atoms with Gasteiger partial charge in [-0.15, -0.1) is 0 Å². The molecule has 0 fully saturated rings. The number of hydrogen-bond acceptors (Lipinski definition) is 3. The van der Waals surface area contributed by atoms with Gasteiger partial charge in [0.05, 0.1) is 20.3 Å². The number of benzene rings is 2. The van der Waals surface area contributed by atoms with Crippen molar-refractivity contribution >= 4 is 0 Å². The van der Waals surface area contributed by atoms with E-state index in [0.29, 0.717) is 11.1 Å². The van der Waals surface area contributed by atoms with Crippen molar-refractivity contribution in [2.24, 2.45) is 0 Å². The molecule has 0 aromatic heterocycles. The molecule has 0 bridgehead atoms. The van der Waals surface area contributed by atoms with E-state index >= 15 is 0 Å². The Kier molecular flexibility index (Phi) is 4.75. The predicted molar refractivity (Wildman–Crippen MR) is 74.6 cm³/mol. The summed E-state index contributed by atoms with van der Waals surface area (Å²) in [5, 5.41) is 10.2. The van der Waals surface area contributed by atoms with Crippen LogP contribution in [0.3, 0.4) is 0 Å². The minimum Gasteiger partial charge on any atom is -0.494 e. The molecule has 2 aromatic rings. The lowest BCUT2D eigenvalue weighted by molar-refractivity contribution is 0.177. The standard InChI is InChI=1S/C16H16F2O3/c1-20-15-6-3-10(7-13(15)18)8-14(19)11-4-5-12(17)16(9-11)21-2/h3-7,9,14,19H,8H2,1-2H3. The third-order valence-electron chi connectivity index (χ3n) is 3.21. The fourth-order valence-electron chi connectivity index (χ4n) is 2.06. The van der Waals surface area contributed by atoms with E-state index in [2.05, 4.69) is 0 Å². The Bertz CT molecular complexity index is 629. The summed E-state index contributed by atoms with van der Waals surface area (Å²) in [5.41, 5.74) is 1.12. The highest BCUT2D eigenvalue weighted by molar-refractivity contribution is 5.34. The van der Waals surface area contributed by atoms with E-state index in [0.717, 1.165) is 0 Å². The van der Waals surface area contributed by atoms with Gasteiger partial charge in [0.1, 0.15) is 0 Å². The summed E-state index contributed by atoms with van der Waals surface area (Å²) < 4.78 is 36.6. The molecule has 0 saturated carbocycles. The van der Waals surface area contributed by atoms with E-state index in [1.54, 1.807) is 6.07 Å². The monoisotopic (exact) mass is 294 g/mol. The zero-order valence-corrected chi connectivity index (χ0v) is 11.8. The van der Waals surface area contributed by atoms with Gasteiger partial charge in [-0.2, -0.15) is 0 Å². The van der Waals surface area contributed by atoms with E-state index in [9.17, 15) is 13.9 Å². The van der Waals surface area contributed by atoms with E-state index in [-0.39, 0.29) is 17.9 Å². The Labute approximate surface area is 121 Å². The smallest absolute Gasteiger partial charge is 0.165 e. The SMILES string of the molecule is COc1ccc(CC(O)c2ccc(F)c(OC)c2)cc1F. The highest BCUT2D eigenvalue weighted by Gasteiger charge is 2.13. The number of aliphatic hydroxyl groups excluding tert-OH is 1. The molecule has 0 aliphatic rings. The van der Waals surface area contributed by atoms with Gasteiger partial charge < -0.3 is 14.6 Å². The van der Waals surface area contributed by atoms with Gasteiger partial charge in [-0.1, -0.05) is 12.1 Å². The molecular formula is C16H16F2O3. The van der Waals surface area contributed by atoms with Crippen LogP contribution in [-0.4, -0.2) is 19.3 Å². The molecular weight excluding hydrogens is 278 g/mol. The molecule has 0 aliphatic heterocycles. The summed E-state index contributed by atoms with van der Waals surface area (Å²) in [6, 6.07) is 8.62. The zero-order valence-electron chi connectivity index (χ0n) is 11.8. The highest BCUT2D eigenvalue weighted by atomic mass is 19.1. The maximum atomic E-state index is 13.6. The second-order valence-electron chi connectivity index (χ2n) is 4.58. The number of hydrogen-bond donors (Lipinski definition) is 1. The van der Waals surface area contributed by atoms with Crippen molar-refractivity contribution in [3.63, 3.8) is 0 Å². The van der Waals surface area contributed by atoms with Crippen molar-refractivity contribution < 1.29 is 23.4 Å². The Balaban J connectivity index is 2.17. The van der Waals surface area contributed by atoms with Crippen LogP contribution in [0.4, 0.5) is 8.78 Å². The molecule has 1 atom stereocenters. The summed E-state index contributed by atoms with van der Waals surface area (Å²) in [5.74, 6) is -0.771. The Morgan fingerprint density at radius 1 is 0.952 bits per heavy atom. The molecule has 1 N–H and O–H groups in total. The van der Waals surface area contributed by atoms with E-state index in [1.165, 1.54) is 44.6 Å². The number of ether oxygens (including phenoxy) is 2. The average Bonchev–Trinajstić information content (AvgIpc) is 2.48. The van der Waals surface area contributed by atoms with Crippen LogP contribution in [-0.2, 0) is 6.42 Å². The fraction of sp³-hybridized carbons (Fsp3) is 0.250. The summed E-state index contributed by atoms with van der Waals surface area (Å²) in [7, 11) is 2.74. The quantitative estimate of drug-likeness (QED) is 0.920. The highest BCUT2D eigenvalue weighted by Crippen LogP contribution is 2.26. The third-order valence-corrected chi connectivity index (χ3v) is 3.21. The second-order valence-corrected chi connectivity index (χ2v) is 4.58. The van der Waals surface area contributed by atoms with Crippen molar-refractivity contribution in [3.05, 3.63) is 59.2 Å². The lowest BCUT2D eigenvalue weighted by Gasteiger charge is -2.13. The van der Waals surface area contributed by atoms with Crippen molar-refractivity contribution in [1.29, 1.82) is 0 Å². The Hall–Kier alpha value is -2.14. The van der Waals surface area contributed by atoms with Gasteiger partial charge in [0.2, 0.25) is 0 Å². The van der Waals surface area contributed by atoms with Gasteiger partial charge in [-0.05, 0) is 35.4 Å². The van der Waals surface area contributed by atoms with Crippen LogP contribution in [0.25, 0.3) is 0 Å². The van der Waals surface area contributed by atoms with Crippen LogP contribution in [0.2, 0.25) is 0 Å². The van der Waals surface area contributed by atoms with Crippen molar-refractivity contribution in [3.8, 4) is 11.5 Å². The second kappa shape index (κ2) is 6.54. The first-order chi connectivity index (χ1) is 10.0. The number of methoxy groups -OCH3 is 2. The minimum atomic E-state index is -0.882. The largest absolute Gasteiger partial charge is 0.494 e. The van der Waals surface area contributed by atoms with E-state index in [1.807, 2.05) is 0 Å². The maximum Gasteiger partial charge on any atom is 0.165 e.